The monoisotopic (exact) mass is 405 g/mol. The summed E-state index contributed by atoms with van der Waals surface area (Å²) in [6.45, 7) is 6.21. The van der Waals surface area contributed by atoms with Crippen LogP contribution in [0.3, 0.4) is 0 Å². The average Bonchev–Trinajstić information content (AvgIpc) is 3.01. The van der Waals surface area contributed by atoms with E-state index in [9.17, 15) is 0 Å². The molecule has 0 aliphatic heterocycles. The Morgan fingerprint density at radius 3 is 2.37 bits per heavy atom. The molecule has 0 atom stereocenters. The molecule has 1 aromatic heterocycles. The maximum Gasteiger partial charge on any atom is 0.191 e. The molecule has 0 saturated heterocycles. The van der Waals surface area contributed by atoms with Crippen molar-refractivity contribution in [3.63, 3.8) is 0 Å². The molecule has 0 radical (unpaired) electrons. The van der Waals surface area contributed by atoms with Gasteiger partial charge in [-0.15, -0.1) is 0 Å². The Morgan fingerprint density at radius 1 is 1.00 bits per heavy atom. The maximum absolute atomic E-state index is 5.85. The molecule has 0 spiro atoms. The summed E-state index contributed by atoms with van der Waals surface area (Å²) in [5.74, 6) is 1.68. The second-order valence-corrected chi connectivity index (χ2v) is 7.29. The van der Waals surface area contributed by atoms with Crippen molar-refractivity contribution in [2.75, 3.05) is 13.6 Å². The summed E-state index contributed by atoms with van der Waals surface area (Å²) in [7, 11) is 3.76. The fourth-order valence-corrected chi connectivity index (χ4v) is 3.28. The molecule has 158 valence electrons. The Bertz CT molecular complexity index is 961. The van der Waals surface area contributed by atoms with E-state index in [0.717, 1.165) is 30.4 Å². The van der Waals surface area contributed by atoms with Gasteiger partial charge in [0.25, 0.3) is 0 Å². The number of aromatic nitrogens is 2. The third-order valence-corrected chi connectivity index (χ3v) is 5.19. The molecular weight excluding hydrogens is 374 g/mol. The van der Waals surface area contributed by atoms with Gasteiger partial charge < -0.3 is 15.4 Å². The molecule has 0 fully saturated rings. The standard InChI is InChI=1S/C24H31N5O/c1-18-23(19(2)29(4)28-18)16-27-24(25-3)26-15-14-20-10-12-22(13-11-20)30-17-21-8-6-5-7-9-21/h5-13H,14-17H2,1-4H3,(H2,25,26,27). The molecule has 3 rings (SSSR count). The summed E-state index contributed by atoms with van der Waals surface area (Å²) < 4.78 is 7.76. The number of ether oxygens (including phenoxy) is 1. The number of nitrogens with one attached hydrogen (secondary N) is 2. The first-order valence-corrected chi connectivity index (χ1v) is 10.3. The Labute approximate surface area is 179 Å². The van der Waals surface area contributed by atoms with Crippen molar-refractivity contribution in [3.8, 4) is 5.75 Å². The van der Waals surface area contributed by atoms with Gasteiger partial charge in [-0.3, -0.25) is 9.67 Å². The van der Waals surface area contributed by atoms with Crippen LogP contribution in [0.5, 0.6) is 5.75 Å². The van der Waals surface area contributed by atoms with Gasteiger partial charge in [0.1, 0.15) is 12.4 Å². The van der Waals surface area contributed by atoms with E-state index in [2.05, 4.69) is 51.9 Å². The molecule has 0 aliphatic carbocycles. The molecule has 1 heterocycles. The first kappa shape index (κ1) is 21.4. The number of nitrogens with zero attached hydrogens (tertiary/aromatic N) is 3. The van der Waals surface area contributed by atoms with E-state index in [0.29, 0.717) is 13.2 Å². The molecule has 30 heavy (non-hydrogen) atoms. The average molecular weight is 406 g/mol. The Morgan fingerprint density at radius 2 is 1.73 bits per heavy atom. The Balaban J connectivity index is 1.42. The van der Waals surface area contributed by atoms with Gasteiger partial charge in [-0.2, -0.15) is 5.10 Å². The van der Waals surface area contributed by atoms with Crippen LogP contribution in [-0.4, -0.2) is 29.3 Å². The lowest BCUT2D eigenvalue weighted by atomic mass is 10.1. The molecule has 0 amide bonds. The van der Waals surface area contributed by atoms with Crippen molar-refractivity contribution in [2.45, 2.75) is 33.4 Å². The van der Waals surface area contributed by atoms with Crippen molar-refractivity contribution in [3.05, 3.63) is 82.7 Å². The van der Waals surface area contributed by atoms with E-state index in [1.807, 2.05) is 49.0 Å². The van der Waals surface area contributed by atoms with Gasteiger partial charge in [0.15, 0.2) is 5.96 Å². The van der Waals surface area contributed by atoms with Crippen molar-refractivity contribution >= 4 is 5.96 Å². The first-order chi connectivity index (χ1) is 14.6. The predicted octanol–water partition coefficient (Wildman–Crippen LogP) is 3.52. The molecule has 0 saturated carbocycles. The fraction of sp³-hybridized carbons (Fsp3) is 0.333. The van der Waals surface area contributed by atoms with Crippen LogP contribution in [0.1, 0.15) is 28.1 Å². The predicted molar refractivity (Wildman–Crippen MR) is 122 cm³/mol. The minimum atomic E-state index is 0.583. The first-order valence-electron chi connectivity index (χ1n) is 10.3. The van der Waals surface area contributed by atoms with E-state index < -0.39 is 0 Å². The number of hydrogen-bond acceptors (Lipinski definition) is 3. The van der Waals surface area contributed by atoms with Crippen LogP contribution in [0, 0.1) is 13.8 Å². The van der Waals surface area contributed by atoms with Crippen molar-refractivity contribution < 1.29 is 4.74 Å². The zero-order valence-corrected chi connectivity index (χ0v) is 18.3. The zero-order chi connectivity index (χ0) is 21.3. The Hall–Kier alpha value is -3.28. The highest BCUT2D eigenvalue weighted by molar-refractivity contribution is 5.79. The number of rotatable bonds is 8. The smallest absolute Gasteiger partial charge is 0.191 e. The highest BCUT2D eigenvalue weighted by Crippen LogP contribution is 2.14. The molecule has 6 nitrogen and oxygen atoms in total. The number of benzene rings is 2. The highest BCUT2D eigenvalue weighted by Gasteiger charge is 2.09. The summed E-state index contributed by atoms with van der Waals surface area (Å²) in [4.78, 5) is 4.31. The van der Waals surface area contributed by atoms with Crippen LogP contribution < -0.4 is 15.4 Å². The van der Waals surface area contributed by atoms with Crippen LogP contribution in [0.4, 0.5) is 0 Å². The van der Waals surface area contributed by atoms with Gasteiger partial charge in [-0.1, -0.05) is 42.5 Å². The number of aryl methyl sites for hydroxylation is 2. The minimum Gasteiger partial charge on any atom is -0.489 e. The van der Waals surface area contributed by atoms with E-state index in [1.54, 1.807) is 7.05 Å². The van der Waals surface area contributed by atoms with Crippen molar-refractivity contribution in [2.24, 2.45) is 12.0 Å². The van der Waals surface area contributed by atoms with Gasteiger partial charge in [0.2, 0.25) is 0 Å². The van der Waals surface area contributed by atoms with Crippen LogP contribution in [0.15, 0.2) is 59.6 Å². The zero-order valence-electron chi connectivity index (χ0n) is 18.3. The Kier molecular flexibility index (Phi) is 7.49. The molecule has 0 bridgehead atoms. The van der Waals surface area contributed by atoms with E-state index in [1.165, 1.54) is 22.4 Å². The van der Waals surface area contributed by atoms with E-state index >= 15 is 0 Å². The van der Waals surface area contributed by atoms with Crippen LogP contribution in [0.2, 0.25) is 0 Å². The summed E-state index contributed by atoms with van der Waals surface area (Å²) in [6.07, 6.45) is 0.907. The third kappa shape index (κ3) is 5.86. The maximum atomic E-state index is 5.85. The van der Waals surface area contributed by atoms with Gasteiger partial charge in [0, 0.05) is 38.4 Å². The molecule has 2 aromatic carbocycles. The topological polar surface area (TPSA) is 63.5 Å². The van der Waals surface area contributed by atoms with Crippen molar-refractivity contribution in [1.29, 1.82) is 0 Å². The van der Waals surface area contributed by atoms with Crippen LogP contribution >= 0.6 is 0 Å². The van der Waals surface area contributed by atoms with Gasteiger partial charge in [0.05, 0.1) is 5.69 Å². The molecule has 3 aromatic rings. The lowest BCUT2D eigenvalue weighted by Gasteiger charge is -2.12. The fourth-order valence-electron chi connectivity index (χ4n) is 3.28. The molecule has 0 unspecified atom stereocenters. The lowest BCUT2D eigenvalue weighted by molar-refractivity contribution is 0.306. The van der Waals surface area contributed by atoms with Gasteiger partial charge in [-0.05, 0) is 43.5 Å². The summed E-state index contributed by atoms with van der Waals surface area (Å²) in [5.41, 5.74) is 5.86. The molecule has 6 heteroatoms. The summed E-state index contributed by atoms with van der Waals surface area (Å²) >= 11 is 0. The van der Waals surface area contributed by atoms with Crippen LogP contribution in [-0.2, 0) is 26.6 Å². The lowest BCUT2D eigenvalue weighted by Crippen LogP contribution is -2.38. The molecule has 2 N–H and O–H groups in total. The quantitative estimate of drug-likeness (QED) is 0.445. The van der Waals surface area contributed by atoms with Crippen molar-refractivity contribution in [1.82, 2.24) is 20.4 Å². The summed E-state index contributed by atoms with van der Waals surface area (Å²) in [5, 5.41) is 11.2. The van der Waals surface area contributed by atoms with Gasteiger partial charge >= 0.3 is 0 Å². The second kappa shape index (κ2) is 10.5. The highest BCUT2D eigenvalue weighted by atomic mass is 16.5. The third-order valence-electron chi connectivity index (χ3n) is 5.19. The number of guanidine groups is 1. The number of aliphatic imine (C=N–C) groups is 1. The van der Waals surface area contributed by atoms with E-state index in [-0.39, 0.29) is 0 Å². The second-order valence-electron chi connectivity index (χ2n) is 7.29. The minimum absolute atomic E-state index is 0.583. The van der Waals surface area contributed by atoms with Crippen LogP contribution in [0.25, 0.3) is 0 Å². The largest absolute Gasteiger partial charge is 0.489 e. The summed E-state index contributed by atoms with van der Waals surface area (Å²) in [6, 6.07) is 18.5. The number of hydrogen-bond donors (Lipinski definition) is 2. The van der Waals surface area contributed by atoms with Gasteiger partial charge in [-0.25, -0.2) is 0 Å². The molecule has 0 aliphatic rings. The molecular formula is C24H31N5O. The SMILES string of the molecule is CN=C(NCCc1ccc(OCc2ccccc2)cc1)NCc1c(C)nn(C)c1C. The van der Waals surface area contributed by atoms with E-state index in [4.69, 9.17) is 4.74 Å². The normalized spacial score (nSPS) is 11.4.